The molecule has 198 valence electrons. The molecule has 0 radical (unpaired) electrons. The zero-order chi connectivity index (χ0) is 27.2. The van der Waals surface area contributed by atoms with E-state index in [0.29, 0.717) is 34.5 Å². The van der Waals surface area contributed by atoms with Crippen LogP contribution in [0.4, 0.5) is 13.2 Å². The molecule has 0 bridgehead atoms. The summed E-state index contributed by atoms with van der Waals surface area (Å²) in [7, 11) is 3.09. The Morgan fingerprint density at radius 3 is 1.81 bits per heavy atom. The molecular weight excluding hydrogens is 526 g/mol. The molecule has 3 rings (SSSR count). The van der Waals surface area contributed by atoms with Crippen molar-refractivity contribution in [3.63, 3.8) is 0 Å². The molecule has 0 saturated heterocycles. The maximum Gasteiger partial charge on any atom is 0.452 e. The summed E-state index contributed by atoms with van der Waals surface area (Å²) in [5, 5.41) is 1.30. The van der Waals surface area contributed by atoms with Crippen LogP contribution in [0.1, 0.15) is 23.6 Å². The van der Waals surface area contributed by atoms with Crippen molar-refractivity contribution in [1.82, 2.24) is 4.90 Å². The van der Waals surface area contributed by atoms with Crippen molar-refractivity contribution in [2.24, 2.45) is 0 Å². The lowest BCUT2D eigenvalue weighted by molar-refractivity contribution is -0.181. The van der Waals surface area contributed by atoms with Gasteiger partial charge in [0.1, 0.15) is 18.5 Å². The molecular formula is C28H28Cl2F3NO3. The van der Waals surface area contributed by atoms with Gasteiger partial charge < -0.3 is 9.47 Å². The van der Waals surface area contributed by atoms with Crippen molar-refractivity contribution in [3.8, 4) is 5.75 Å². The van der Waals surface area contributed by atoms with Gasteiger partial charge in [-0.1, -0.05) is 59.6 Å². The number of Topliss-reactive ketones (excluding diaryl/α,β-unsaturated/α-hetero) is 1. The molecule has 0 aromatic heterocycles. The Morgan fingerprint density at radius 2 is 1.38 bits per heavy atom. The van der Waals surface area contributed by atoms with Gasteiger partial charge in [-0.15, -0.1) is 0 Å². The Bertz CT molecular complexity index is 1120. The third kappa shape index (κ3) is 7.26. The molecule has 0 amide bonds. The number of hydrogen-bond acceptors (Lipinski definition) is 4. The number of nitrogens with zero attached hydrogens (tertiary/aromatic N) is 1. The van der Waals surface area contributed by atoms with Crippen LogP contribution in [-0.2, 0) is 21.5 Å². The first kappa shape index (κ1) is 29.0. The van der Waals surface area contributed by atoms with Crippen LogP contribution >= 0.6 is 23.2 Å². The number of carbonyl (C=O) groups excluding carboxylic acids is 1. The average Bonchev–Trinajstić information content (AvgIpc) is 2.87. The second kappa shape index (κ2) is 12.3. The summed E-state index contributed by atoms with van der Waals surface area (Å²) >= 11 is 12.2. The predicted molar refractivity (Wildman–Crippen MR) is 139 cm³/mol. The lowest BCUT2D eigenvalue weighted by atomic mass is 9.83. The molecule has 3 aromatic rings. The van der Waals surface area contributed by atoms with Crippen molar-refractivity contribution < 1.29 is 27.4 Å². The summed E-state index contributed by atoms with van der Waals surface area (Å²) in [4.78, 5) is 13.7. The zero-order valence-corrected chi connectivity index (χ0v) is 22.2. The summed E-state index contributed by atoms with van der Waals surface area (Å²) in [6, 6.07) is 22.0. The maximum atomic E-state index is 12.7. The van der Waals surface area contributed by atoms with Crippen molar-refractivity contribution in [1.29, 1.82) is 0 Å². The van der Waals surface area contributed by atoms with Crippen LogP contribution in [0.3, 0.4) is 0 Å². The number of alkyl halides is 3. The van der Waals surface area contributed by atoms with E-state index in [1.54, 1.807) is 24.3 Å². The normalized spacial score (nSPS) is 13.0. The topological polar surface area (TPSA) is 38.8 Å². The highest BCUT2D eigenvalue weighted by Gasteiger charge is 2.43. The summed E-state index contributed by atoms with van der Waals surface area (Å²) in [5.41, 5.74) is 2.13. The fraction of sp³-hybridized carbons (Fsp3) is 0.321. The van der Waals surface area contributed by atoms with E-state index in [1.165, 1.54) is 0 Å². The number of rotatable bonds is 11. The van der Waals surface area contributed by atoms with Crippen LogP contribution < -0.4 is 4.74 Å². The fourth-order valence-corrected chi connectivity index (χ4v) is 4.33. The van der Waals surface area contributed by atoms with Crippen LogP contribution in [0.25, 0.3) is 0 Å². The number of benzene rings is 3. The first-order valence-corrected chi connectivity index (χ1v) is 12.3. The molecule has 0 heterocycles. The van der Waals surface area contributed by atoms with E-state index < -0.39 is 23.6 Å². The van der Waals surface area contributed by atoms with E-state index in [9.17, 15) is 18.0 Å². The highest BCUT2D eigenvalue weighted by atomic mass is 35.5. The van der Waals surface area contributed by atoms with Crippen LogP contribution in [0.5, 0.6) is 5.75 Å². The third-order valence-electron chi connectivity index (χ3n) is 6.47. The monoisotopic (exact) mass is 553 g/mol. The number of ketones is 1. The molecule has 0 aliphatic heterocycles. The fourth-order valence-electron chi connectivity index (χ4n) is 4.08. The summed E-state index contributed by atoms with van der Waals surface area (Å²) in [6.45, 7) is 3.04. The van der Waals surface area contributed by atoms with E-state index in [2.05, 4.69) is 11.8 Å². The second-order valence-corrected chi connectivity index (χ2v) is 9.66. The molecule has 1 atom stereocenters. The molecule has 37 heavy (non-hydrogen) atoms. The lowest BCUT2D eigenvalue weighted by Gasteiger charge is -2.40. The quantitative estimate of drug-likeness (QED) is 0.257. The Hall–Kier alpha value is -2.58. The summed E-state index contributed by atoms with van der Waals surface area (Å²) in [6.07, 6.45) is -6.71. The number of likely N-dealkylation sites (N-methyl/N-ethyl adjacent to an activating group) is 1. The molecule has 0 fully saturated rings. The van der Waals surface area contributed by atoms with Gasteiger partial charge in [0, 0.05) is 30.1 Å². The first-order chi connectivity index (χ1) is 17.4. The minimum Gasteiger partial charge on any atom is -0.492 e. The van der Waals surface area contributed by atoms with Crippen molar-refractivity contribution in [2.45, 2.75) is 31.2 Å². The molecule has 0 spiro atoms. The number of methoxy groups -OCH3 is 1. The molecule has 3 aromatic carbocycles. The van der Waals surface area contributed by atoms with Crippen LogP contribution in [0, 0.1) is 0 Å². The van der Waals surface area contributed by atoms with E-state index in [-0.39, 0.29) is 6.42 Å². The van der Waals surface area contributed by atoms with Gasteiger partial charge in [0.05, 0.1) is 5.54 Å². The van der Waals surface area contributed by atoms with Gasteiger partial charge in [-0.3, -0.25) is 9.69 Å². The van der Waals surface area contributed by atoms with Crippen molar-refractivity contribution in [2.75, 3.05) is 27.3 Å². The van der Waals surface area contributed by atoms with Gasteiger partial charge >= 0.3 is 6.18 Å². The molecule has 4 nitrogen and oxygen atoms in total. The van der Waals surface area contributed by atoms with E-state index in [1.807, 2.05) is 55.6 Å². The molecule has 0 aliphatic carbocycles. The Morgan fingerprint density at radius 1 is 0.892 bits per heavy atom. The SMILES string of the molecule is COC(Cc1ccc(OCCN(C)C(C)(c2ccc(Cl)cc2)c2ccc(Cl)cc2)cc1)C(=O)C(F)(F)F. The minimum absolute atomic E-state index is 0.182. The van der Waals surface area contributed by atoms with Crippen LogP contribution in [-0.4, -0.2) is 50.3 Å². The van der Waals surface area contributed by atoms with Gasteiger partial charge in [-0.2, -0.15) is 13.2 Å². The highest BCUT2D eigenvalue weighted by Crippen LogP contribution is 2.36. The zero-order valence-electron chi connectivity index (χ0n) is 20.7. The Labute approximate surface area is 224 Å². The Balaban J connectivity index is 1.67. The molecule has 1 unspecified atom stereocenters. The van der Waals surface area contributed by atoms with Crippen molar-refractivity contribution in [3.05, 3.63) is 99.5 Å². The highest BCUT2D eigenvalue weighted by molar-refractivity contribution is 6.30. The molecule has 0 N–H and O–H groups in total. The van der Waals surface area contributed by atoms with Gasteiger partial charge in [-0.25, -0.2) is 0 Å². The maximum absolute atomic E-state index is 12.7. The third-order valence-corrected chi connectivity index (χ3v) is 6.98. The molecule has 9 heteroatoms. The average molecular weight is 554 g/mol. The standard InChI is InChI=1S/C28H28Cl2F3NO3/c1-27(20-6-10-22(29)11-7-20,21-8-12-23(30)13-9-21)34(2)16-17-37-24-14-4-19(5-15-24)18-25(36-3)26(35)28(31,32)33/h4-15,25H,16-18H2,1-3H3. The lowest BCUT2D eigenvalue weighted by Crippen LogP contribution is -2.44. The van der Waals surface area contributed by atoms with Gasteiger partial charge in [-0.05, 0) is 67.1 Å². The van der Waals surface area contributed by atoms with E-state index in [4.69, 9.17) is 32.7 Å². The number of halogens is 5. The van der Waals surface area contributed by atoms with E-state index >= 15 is 0 Å². The van der Waals surface area contributed by atoms with Crippen molar-refractivity contribution >= 4 is 29.0 Å². The number of ether oxygens (including phenoxy) is 2. The summed E-state index contributed by atoms with van der Waals surface area (Å²) in [5.74, 6) is -1.34. The second-order valence-electron chi connectivity index (χ2n) is 8.79. The molecule has 0 aliphatic rings. The summed E-state index contributed by atoms with van der Waals surface area (Å²) < 4.78 is 48.9. The Kier molecular flexibility index (Phi) is 9.64. The predicted octanol–water partition coefficient (Wildman–Crippen LogP) is 6.96. The van der Waals surface area contributed by atoms with Crippen LogP contribution in [0.2, 0.25) is 10.0 Å². The van der Waals surface area contributed by atoms with Crippen LogP contribution in [0.15, 0.2) is 72.8 Å². The minimum atomic E-state index is -4.94. The first-order valence-electron chi connectivity index (χ1n) is 11.5. The largest absolute Gasteiger partial charge is 0.492 e. The van der Waals surface area contributed by atoms with E-state index in [0.717, 1.165) is 18.2 Å². The van der Waals surface area contributed by atoms with Gasteiger partial charge in [0.2, 0.25) is 0 Å². The van der Waals surface area contributed by atoms with Gasteiger partial charge in [0.25, 0.3) is 5.78 Å². The van der Waals surface area contributed by atoms with Gasteiger partial charge in [0.15, 0.2) is 0 Å². The smallest absolute Gasteiger partial charge is 0.452 e. The molecule has 0 saturated carbocycles. The number of carbonyl (C=O) groups is 1. The number of hydrogen-bond donors (Lipinski definition) is 0.